The van der Waals surface area contributed by atoms with Gasteiger partial charge in [-0.15, -0.1) is 24.8 Å². The Kier molecular flexibility index (Phi) is 10.2. The van der Waals surface area contributed by atoms with E-state index in [4.69, 9.17) is 11.5 Å². The molecule has 2 aromatic rings. The van der Waals surface area contributed by atoms with Gasteiger partial charge in [0.1, 0.15) is 0 Å². The molecule has 0 bridgehead atoms. The average molecular weight is 525 g/mol. The molecule has 0 heterocycles. The molecular formula is C20H26Br2Cl2N2. The maximum absolute atomic E-state index is 5.73. The molecule has 0 saturated heterocycles. The van der Waals surface area contributed by atoms with Gasteiger partial charge in [0, 0.05) is 21.0 Å². The Morgan fingerprint density at radius 1 is 0.577 bits per heavy atom. The van der Waals surface area contributed by atoms with Crippen LogP contribution in [0.15, 0.2) is 57.5 Å². The molecule has 0 amide bonds. The Balaban J connectivity index is 0.000000241. The lowest BCUT2D eigenvalue weighted by molar-refractivity contribution is 0.351. The molecule has 6 heteroatoms. The summed E-state index contributed by atoms with van der Waals surface area (Å²) in [4.78, 5) is 0. The minimum Gasteiger partial charge on any atom is -0.328 e. The molecule has 2 aromatic carbocycles. The van der Waals surface area contributed by atoms with Crippen molar-refractivity contribution in [1.29, 1.82) is 0 Å². The van der Waals surface area contributed by atoms with Gasteiger partial charge in [-0.2, -0.15) is 0 Å². The molecule has 0 unspecified atom stereocenters. The Labute approximate surface area is 185 Å². The minimum absolute atomic E-state index is 0. The van der Waals surface area contributed by atoms with E-state index in [-0.39, 0.29) is 24.8 Å². The predicted octanol–water partition coefficient (Wildman–Crippen LogP) is 6.15. The molecule has 2 aliphatic carbocycles. The maximum atomic E-state index is 5.73. The SMILES string of the molecule is Cl.Cl.NC1CC(c2ccc(Br)cc2)C1.NC1CC(c2ccc(Br)cc2)C1. The van der Waals surface area contributed by atoms with Gasteiger partial charge in [-0.25, -0.2) is 0 Å². The number of halogens is 4. The Bertz CT molecular complexity index is 593. The number of nitrogens with two attached hydrogens (primary N) is 2. The maximum Gasteiger partial charge on any atom is 0.0175 e. The quantitative estimate of drug-likeness (QED) is 0.495. The second kappa shape index (κ2) is 11.0. The second-order valence-corrected chi connectivity index (χ2v) is 8.79. The van der Waals surface area contributed by atoms with Crippen LogP contribution in [0.2, 0.25) is 0 Å². The van der Waals surface area contributed by atoms with Gasteiger partial charge in [0.15, 0.2) is 0 Å². The van der Waals surface area contributed by atoms with Crippen LogP contribution < -0.4 is 11.5 Å². The number of rotatable bonds is 2. The van der Waals surface area contributed by atoms with Crippen molar-refractivity contribution in [3.63, 3.8) is 0 Å². The van der Waals surface area contributed by atoms with Crippen LogP contribution in [0.25, 0.3) is 0 Å². The van der Waals surface area contributed by atoms with Crippen LogP contribution in [0.5, 0.6) is 0 Å². The van der Waals surface area contributed by atoms with Gasteiger partial charge in [0.25, 0.3) is 0 Å². The fourth-order valence-electron chi connectivity index (χ4n) is 3.34. The van der Waals surface area contributed by atoms with E-state index in [9.17, 15) is 0 Å². The van der Waals surface area contributed by atoms with Gasteiger partial charge in [0.05, 0.1) is 0 Å². The van der Waals surface area contributed by atoms with Crippen LogP contribution in [0, 0.1) is 0 Å². The highest BCUT2D eigenvalue weighted by molar-refractivity contribution is 9.10. The molecule has 2 nitrogen and oxygen atoms in total. The van der Waals surface area contributed by atoms with Crippen LogP contribution in [0.3, 0.4) is 0 Å². The van der Waals surface area contributed by atoms with Crippen LogP contribution in [-0.2, 0) is 0 Å². The van der Waals surface area contributed by atoms with E-state index in [2.05, 4.69) is 80.4 Å². The number of hydrogen-bond donors (Lipinski definition) is 2. The first kappa shape index (κ1) is 23.9. The van der Waals surface area contributed by atoms with E-state index in [1.54, 1.807) is 0 Å². The topological polar surface area (TPSA) is 52.0 Å². The fraction of sp³-hybridized carbons (Fsp3) is 0.400. The predicted molar refractivity (Wildman–Crippen MR) is 123 cm³/mol. The highest BCUT2D eigenvalue weighted by Gasteiger charge is 2.27. The monoisotopic (exact) mass is 522 g/mol. The Hall–Kier alpha value is -0.100. The summed E-state index contributed by atoms with van der Waals surface area (Å²) < 4.78 is 2.30. The first-order valence-corrected chi connectivity index (χ1v) is 10.1. The smallest absolute Gasteiger partial charge is 0.0175 e. The molecule has 0 spiro atoms. The van der Waals surface area contributed by atoms with Gasteiger partial charge >= 0.3 is 0 Å². The van der Waals surface area contributed by atoms with Crippen molar-refractivity contribution in [2.24, 2.45) is 11.5 Å². The van der Waals surface area contributed by atoms with Crippen molar-refractivity contribution in [1.82, 2.24) is 0 Å². The lowest BCUT2D eigenvalue weighted by Crippen LogP contribution is -2.34. The lowest BCUT2D eigenvalue weighted by Gasteiger charge is -2.32. The molecule has 2 saturated carbocycles. The summed E-state index contributed by atoms with van der Waals surface area (Å²) in [6, 6.07) is 18.0. The Morgan fingerprint density at radius 3 is 1.08 bits per heavy atom. The lowest BCUT2D eigenvalue weighted by atomic mass is 9.76. The normalized spacial score (nSPS) is 26.0. The van der Waals surface area contributed by atoms with E-state index in [1.165, 1.54) is 11.1 Å². The van der Waals surface area contributed by atoms with Crippen molar-refractivity contribution in [3.8, 4) is 0 Å². The van der Waals surface area contributed by atoms with Crippen molar-refractivity contribution in [3.05, 3.63) is 68.6 Å². The Morgan fingerprint density at radius 2 is 0.846 bits per heavy atom. The van der Waals surface area contributed by atoms with Gasteiger partial charge < -0.3 is 11.5 Å². The van der Waals surface area contributed by atoms with Crippen molar-refractivity contribution >= 4 is 56.7 Å². The number of benzene rings is 2. The minimum atomic E-state index is 0. The van der Waals surface area contributed by atoms with E-state index >= 15 is 0 Å². The second-order valence-electron chi connectivity index (χ2n) is 6.96. The van der Waals surface area contributed by atoms with E-state index in [1.807, 2.05) is 0 Å². The third kappa shape index (κ3) is 6.50. The summed E-state index contributed by atoms with van der Waals surface area (Å²) >= 11 is 6.84. The number of hydrogen-bond acceptors (Lipinski definition) is 2. The summed E-state index contributed by atoms with van der Waals surface area (Å²) in [7, 11) is 0. The van der Waals surface area contributed by atoms with Crippen molar-refractivity contribution < 1.29 is 0 Å². The zero-order chi connectivity index (χ0) is 17.1. The largest absolute Gasteiger partial charge is 0.328 e. The van der Waals surface area contributed by atoms with Crippen molar-refractivity contribution in [2.75, 3.05) is 0 Å². The van der Waals surface area contributed by atoms with Crippen LogP contribution in [0.1, 0.15) is 48.6 Å². The average Bonchev–Trinajstić information content (AvgIpc) is 2.52. The summed E-state index contributed by atoms with van der Waals surface area (Å²) in [5.41, 5.74) is 14.3. The molecule has 2 aliphatic rings. The van der Waals surface area contributed by atoms with Gasteiger partial charge in [-0.3, -0.25) is 0 Å². The molecule has 0 radical (unpaired) electrons. The van der Waals surface area contributed by atoms with Gasteiger partial charge in [0.2, 0.25) is 0 Å². The molecule has 2 fully saturated rings. The highest BCUT2D eigenvalue weighted by Crippen LogP contribution is 2.36. The van der Waals surface area contributed by atoms with Crippen LogP contribution >= 0.6 is 56.7 Å². The van der Waals surface area contributed by atoms with E-state index in [0.717, 1.165) is 34.6 Å². The highest BCUT2D eigenvalue weighted by atomic mass is 79.9. The summed E-state index contributed by atoms with van der Waals surface area (Å²) in [6.45, 7) is 0. The molecule has 0 aliphatic heterocycles. The van der Waals surface area contributed by atoms with E-state index < -0.39 is 0 Å². The summed E-state index contributed by atoms with van der Waals surface area (Å²) in [6.07, 6.45) is 4.62. The molecule has 4 rings (SSSR count). The van der Waals surface area contributed by atoms with Gasteiger partial charge in [-0.05, 0) is 72.9 Å². The molecule has 0 aromatic heterocycles. The van der Waals surface area contributed by atoms with Crippen LogP contribution in [-0.4, -0.2) is 12.1 Å². The zero-order valence-corrected chi connectivity index (χ0v) is 19.3. The molecule has 4 N–H and O–H groups in total. The summed E-state index contributed by atoms with van der Waals surface area (Å²) in [5.74, 6) is 1.43. The standard InChI is InChI=1S/2C10H12BrN.2ClH/c2*11-9-3-1-7(2-4-9)8-5-10(12)6-8;;/h2*1-4,8,10H,5-6,12H2;2*1H. The summed E-state index contributed by atoms with van der Waals surface area (Å²) in [5, 5.41) is 0. The molecular weight excluding hydrogens is 499 g/mol. The van der Waals surface area contributed by atoms with Crippen LogP contribution in [0.4, 0.5) is 0 Å². The first-order chi connectivity index (χ1) is 11.5. The molecule has 0 atom stereocenters. The van der Waals surface area contributed by atoms with Crippen molar-refractivity contribution in [2.45, 2.75) is 49.6 Å². The first-order valence-electron chi connectivity index (χ1n) is 8.53. The molecule has 26 heavy (non-hydrogen) atoms. The van der Waals surface area contributed by atoms with E-state index in [0.29, 0.717) is 23.9 Å². The third-order valence-electron chi connectivity index (χ3n) is 5.03. The molecule has 144 valence electrons. The fourth-order valence-corrected chi connectivity index (χ4v) is 3.87. The third-order valence-corrected chi connectivity index (χ3v) is 6.09. The van der Waals surface area contributed by atoms with Gasteiger partial charge in [-0.1, -0.05) is 56.1 Å². The zero-order valence-electron chi connectivity index (χ0n) is 14.5.